The van der Waals surface area contributed by atoms with E-state index in [4.69, 9.17) is 9.47 Å². The van der Waals surface area contributed by atoms with Crippen LogP contribution in [0.2, 0.25) is 0 Å². The summed E-state index contributed by atoms with van der Waals surface area (Å²) in [6.45, 7) is 7.38. The summed E-state index contributed by atoms with van der Waals surface area (Å²) in [5.41, 5.74) is -1.23. The molecule has 4 aliphatic carbocycles. The molecule has 4 bridgehead atoms. The van der Waals surface area contributed by atoms with Gasteiger partial charge in [-0.1, -0.05) is 6.92 Å². The van der Waals surface area contributed by atoms with E-state index in [-0.39, 0.29) is 17.5 Å². The summed E-state index contributed by atoms with van der Waals surface area (Å²) >= 11 is 0. The zero-order chi connectivity index (χ0) is 16.2. The summed E-state index contributed by atoms with van der Waals surface area (Å²) in [6.07, 6.45) is 6.43. The highest BCUT2D eigenvalue weighted by Gasteiger charge is 2.61. The number of ether oxygens (including phenoxy) is 2. The molecule has 0 aromatic heterocycles. The lowest BCUT2D eigenvalue weighted by Gasteiger charge is -2.60. The largest absolute Gasteiger partial charge is 0.459 e. The topological polar surface area (TPSA) is 52.6 Å². The second-order valence-electron chi connectivity index (χ2n) is 8.55. The van der Waals surface area contributed by atoms with Crippen LogP contribution >= 0.6 is 0 Å². The van der Waals surface area contributed by atoms with Crippen LogP contribution in [-0.2, 0) is 19.1 Å². The van der Waals surface area contributed by atoms with Gasteiger partial charge in [-0.2, -0.15) is 0 Å². The van der Waals surface area contributed by atoms with Gasteiger partial charge in [0.1, 0.15) is 11.2 Å². The summed E-state index contributed by atoms with van der Waals surface area (Å²) in [5, 5.41) is 0. The molecule has 4 heteroatoms. The molecule has 4 nitrogen and oxygen atoms in total. The third-order valence-electron chi connectivity index (χ3n) is 6.06. The van der Waals surface area contributed by atoms with Crippen molar-refractivity contribution in [3.8, 4) is 0 Å². The molecule has 2 atom stereocenters. The molecule has 4 rings (SSSR count). The highest BCUT2D eigenvalue weighted by Crippen LogP contribution is 2.60. The monoisotopic (exact) mass is 308 g/mol. The number of esters is 2. The molecule has 4 saturated carbocycles. The fourth-order valence-electron chi connectivity index (χ4n) is 5.12. The lowest BCUT2D eigenvalue weighted by molar-refractivity contribution is -0.234. The van der Waals surface area contributed by atoms with Crippen molar-refractivity contribution >= 4 is 11.9 Å². The molecule has 2 unspecified atom stereocenters. The van der Waals surface area contributed by atoms with Gasteiger partial charge in [0.25, 0.3) is 0 Å². The zero-order valence-corrected chi connectivity index (χ0v) is 14.2. The van der Waals surface area contributed by atoms with Crippen molar-refractivity contribution in [3.05, 3.63) is 0 Å². The maximum Gasteiger partial charge on any atom is 0.312 e. The quantitative estimate of drug-likeness (QED) is 0.744. The van der Waals surface area contributed by atoms with E-state index in [0.29, 0.717) is 18.3 Å². The van der Waals surface area contributed by atoms with Crippen molar-refractivity contribution in [2.45, 2.75) is 83.8 Å². The highest BCUT2D eigenvalue weighted by atomic mass is 16.6. The fraction of sp³-hybridized carbons (Fsp3) is 0.889. The molecule has 0 radical (unpaired) electrons. The van der Waals surface area contributed by atoms with Gasteiger partial charge in [-0.25, -0.2) is 0 Å². The minimum atomic E-state index is -0.447. The molecule has 0 N–H and O–H groups in total. The Hall–Kier alpha value is -1.06. The Bertz CT molecular complexity index is 479. The molecule has 0 aromatic rings. The van der Waals surface area contributed by atoms with Crippen LogP contribution in [0.1, 0.15) is 72.6 Å². The SMILES string of the molecule is CCC(C)(C)C(=O)OC12CC3CC(CC(OC(C)=O)(C3)C1)C2. The van der Waals surface area contributed by atoms with E-state index >= 15 is 0 Å². The van der Waals surface area contributed by atoms with Crippen LogP contribution in [0, 0.1) is 17.3 Å². The first-order valence-corrected chi connectivity index (χ1v) is 8.61. The minimum Gasteiger partial charge on any atom is -0.459 e. The summed E-state index contributed by atoms with van der Waals surface area (Å²) < 4.78 is 11.8. The van der Waals surface area contributed by atoms with Crippen LogP contribution in [0.5, 0.6) is 0 Å². The van der Waals surface area contributed by atoms with Crippen LogP contribution in [0.15, 0.2) is 0 Å². The third kappa shape index (κ3) is 2.65. The van der Waals surface area contributed by atoms with Gasteiger partial charge >= 0.3 is 11.9 Å². The van der Waals surface area contributed by atoms with Crippen molar-refractivity contribution in [3.63, 3.8) is 0 Å². The van der Waals surface area contributed by atoms with Gasteiger partial charge in [-0.05, 0) is 64.2 Å². The number of hydrogen-bond donors (Lipinski definition) is 0. The molecular weight excluding hydrogens is 280 g/mol. The van der Waals surface area contributed by atoms with E-state index in [1.165, 1.54) is 13.3 Å². The Balaban J connectivity index is 1.82. The standard InChI is InChI=1S/C18H28O4/c1-5-16(3,4)15(20)22-18-9-13-6-14(10-18)8-17(7-13,11-18)21-12(2)19/h13-14H,5-11H2,1-4H3. The van der Waals surface area contributed by atoms with Crippen molar-refractivity contribution < 1.29 is 19.1 Å². The van der Waals surface area contributed by atoms with Gasteiger partial charge in [-0.15, -0.1) is 0 Å². The zero-order valence-electron chi connectivity index (χ0n) is 14.2. The van der Waals surface area contributed by atoms with Crippen LogP contribution in [0.3, 0.4) is 0 Å². The average molecular weight is 308 g/mol. The first-order valence-electron chi connectivity index (χ1n) is 8.61. The predicted octanol–water partition coefficient (Wildman–Crippen LogP) is 3.62. The van der Waals surface area contributed by atoms with Crippen molar-refractivity contribution in [2.24, 2.45) is 17.3 Å². The first kappa shape index (κ1) is 15.8. The van der Waals surface area contributed by atoms with Gasteiger partial charge in [0, 0.05) is 13.3 Å². The van der Waals surface area contributed by atoms with E-state index in [1.807, 2.05) is 20.8 Å². The highest BCUT2D eigenvalue weighted by molar-refractivity contribution is 5.76. The number of hydrogen-bond acceptors (Lipinski definition) is 4. The fourth-order valence-corrected chi connectivity index (χ4v) is 5.12. The lowest BCUT2D eigenvalue weighted by atomic mass is 9.52. The molecule has 4 fully saturated rings. The summed E-state index contributed by atoms with van der Waals surface area (Å²) in [4.78, 5) is 24.1. The third-order valence-corrected chi connectivity index (χ3v) is 6.06. The summed E-state index contributed by atoms with van der Waals surface area (Å²) in [5.74, 6) is 0.739. The van der Waals surface area contributed by atoms with Crippen LogP contribution in [0.4, 0.5) is 0 Å². The summed E-state index contributed by atoms with van der Waals surface area (Å²) in [6, 6.07) is 0. The van der Waals surface area contributed by atoms with Gasteiger partial charge < -0.3 is 9.47 Å². The van der Waals surface area contributed by atoms with Crippen LogP contribution < -0.4 is 0 Å². The Labute approximate surface area is 132 Å². The molecule has 0 amide bonds. The van der Waals surface area contributed by atoms with E-state index < -0.39 is 11.0 Å². The molecule has 0 aliphatic heterocycles. The molecule has 0 saturated heterocycles. The van der Waals surface area contributed by atoms with E-state index in [9.17, 15) is 9.59 Å². The Morgan fingerprint density at radius 2 is 1.55 bits per heavy atom. The molecule has 22 heavy (non-hydrogen) atoms. The summed E-state index contributed by atoms with van der Waals surface area (Å²) in [7, 11) is 0. The first-order chi connectivity index (χ1) is 10.2. The molecule has 0 heterocycles. The molecule has 0 spiro atoms. The van der Waals surface area contributed by atoms with E-state index in [0.717, 1.165) is 32.1 Å². The number of carbonyl (C=O) groups excluding carboxylic acids is 2. The van der Waals surface area contributed by atoms with Crippen LogP contribution in [-0.4, -0.2) is 23.1 Å². The van der Waals surface area contributed by atoms with Gasteiger partial charge in [-0.3, -0.25) is 9.59 Å². The normalized spacial score (nSPS) is 39.6. The average Bonchev–Trinajstić information content (AvgIpc) is 2.34. The second-order valence-corrected chi connectivity index (χ2v) is 8.55. The Kier molecular flexibility index (Phi) is 3.57. The Morgan fingerprint density at radius 1 is 1.05 bits per heavy atom. The maximum atomic E-state index is 12.6. The van der Waals surface area contributed by atoms with Crippen molar-refractivity contribution in [2.75, 3.05) is 0 Å². The minimum absolute atomic E-state index is 0.102. The van der Waals surface area contributed by atoms with E-state index in [2.05, 4.69) is 0 Å². The van der Waals surface area contributed by atoms with Crippen molar-refractivity contribution in [1.82, 2.24) is 0 Å². The van der Waals surface area contributed by atoms with Gasteiger partial charge in [0.15, 0.2) is 0 Å². The molecule has 0 aromatic carbocycles. The molecule has 124 valence electrons. The lowest BCUT2D eigenvalue weighted by Crippen LogP contribution is -2.62. The predicted molar refractivity (Wildman–Crippen MR) is 82.1 cm³/mol. The molecule has 4 aliphatic rings. The smallest absolute Gasteiger partial charge is 0.312 e. The molecular formula is C18H28O4. The van der Waals surface area contributed by atoms with Crippen molar-refractivity contribution in [1.29, 1.82) is 0 Å². The van der Waals surface area contributed by atoms with Crippen LogP contribution in [0.25, 0.3) is 0 Å². The van der Waals surface area contributed by atoms with Gasteiger partial charge in [0.05, 0.1) is 5.41 Å². The Morgan fingerprint density at radius 3 is 2.00 bits per heavy atom. The van der Waals surface area contributed by atoms with E-state index in [1.54, 1.807) is 0 Å². The maximum absolute atomic E-state index is 12.6. The van der Waals surface area contributed by atoms with Gasteiger partial charge in [0.2, 0.25) is 0 Å². The number of rotatable bonds is 4. The number of carbonyl (C=O) groups is 2. The second kappa shape index (κ2) is 4.97.